The topological polar surface area (TPSA) is 131 Å². The fourth-order valence-electron chi connectivity index (χ4n) is 3.11. The summed E-state index contributed by atoms with van der Waals surface area (Å²) in [6.45, 7) is 4.14. The van der Waals surface area contributed by atoms with Gasteiger partial charge in [-0.05, 0) is 43.7 Å². The van der Waals surface area contributed by atoms with Crippen molar-refractivity contribution in [3.8, 4) is 0 Å². The molecule has 0 aliphatic carbocycles. The van der Waals surface area contributed by atoms with Crippen LogP contribution in [0.3, 0.4) is 0 Å². The molecule has 0 saturated heterocycles. The molecule has 3 rings (SSSR count). The van der Waals surface area contributed by atoms with Gasteiger partial charge in [0.25, 0.3) is 0 Å². The summed E-state index contributed by atoms with van der Waals surface area (Å²) in [5.74, 6) is -1.40. The second kappa shape index (κ2) is 10.6. The molecule has 1 unspecified atom stereocenters. The van der Waals surface area contributed by atoms with Gasteiger partial charge in [0.05, 0.1) is 15.7 Å². The number of carboxylic acids is 1. The smallest absolute Gasteiger partial charge is 0.335 e. The molecule has 0 radical (unpaired) electrons. The van der Waals surface area contributed by atoms with Gasteiger partial charge in [0.15, 0.2) is 15.0 Å². The molecule has 11 heteroatoms. The predicted octanol–water partition coefficient (Wildman–Crippen LogP) is 3.48. The molecule has 1 heterocycles. The highest BCUT2D eigenvalue weighted by molar-refractivity contribution is 8.00. The number of hydrogen-bond donors (Lipinski definition) is 2. The number of benzene rings is 2. The molecular weight excluding hydrogens is 464 g/mol. The van der Waals surface area contributed by atoms with Crippen LogP contribution in [0.25, 0.3) is 0 Å². The van der Waals surface area contributed by atoms with Crippen LogP contribution in [0.5, 0.6) is 0 Å². The lowest BCUT2D eigenvalue weighted by molar-refractivity contribution is -0.115. The third-order valence-electron chi connectivity index (χ3n) is 4.82. The van der Waals surface area contributed by atoms with Crippen molar-refractivity contribution in [2.75, 3.05) is 5.32 Å². The minimum absolute atomic E-state index is 0.0727. The van der Waals surface area contributed by atoms with Gasteiger partial charge in [-0.2, -0.15) is 0 Å². The molecule has 33 heavy (non-hydrogen) atoms. The van der Waals surface area contributed by atoms with Gasteiger partial charge in [0.1, 0.15) is 11.6 Å². The molecule has 0 spiro atoms. The van der Waals surface area contributed by atoms with E-state index in [9.17, 15) is 18.0 Å². The first-order valence-corrected chi connectivity index (χ1v) is 12.8. The van der Waals surface area contributed by atoms with Gasteiger partial charge in [0.2, 0.25) is 5.91 Å². The Morgan fingerprint density at radius 1 is 1.09 bits per heavy atom. The third kappa shape index (κ3) is 5.99. The van der Waals surface area contributed by atoms with Crippen LogP contribution >= 0.6 is 11.8 Å². The molecule has 0 fully saturated rings. The molecule has 0 aliphatic heterocycles. The van der Waals surface area contributed by atoms with Crippen molar-refractivity contribution in [1.82, 2.24) is 14.8 Å². The van der Waals surface area contributed by atoms with Gasteiger partial charge in [-0.3, -0.25) is 4.79 Å². The number of carbonyl (C=O) groups excluding carboxylic acids is 1. The van der Waals surface area contributed by atoms with Crippen LogP contribution in [-0.4, -0.2) is 45.4 Å². The molecule has 0 aliphatic rings. The van der Waals surface area contributed by atoms with Crippen LogP contribution in [0.4, 0.5) is 5.69 Å². The summed E-state index contributed by atoms with van der Waals surface area (Å²) in [5, 5.41) is 20.0. The zero-order valence-electron chi connectivity index (χ0n) is 18.1. The normalized spacial score (nSPS) is 12.3. The van der Waals surface area contributed by atoms with Crippen molar-refractivity contribution in [3.63, 3.8) is 0 Å². The van der Waals surface area contributed by atoms with Crippen molar-refractivity contribution < 1.29 is 23.1 Å². The quantitative estimate of drug-likeness (QED) is 0.415. The number of sulfone groups is 1. The number of anilines is 1. The van der Waals surface area contributed by atoms with Crippen LogP contribution in [0.15, 0.2) is 64.6 Å². The summed E-state index contributed by atoms with van der Waals surface area (Å²) in [4.78, 5) is 24.2. The number of thioether (sulfide) groups is 1. The standard InChI is InChI=1S/C22H24N4O5S2/c1-3-18(20(27)23-16-10-8-9-15(13-16)21(28)29)32-22-25-24-19(26(22)4-2)14-33(30,31)17-11-6-5-7-12-17/h5-13,18H,3-4,14H2,1-2H3,(H,23,27)(H,28,29). The van der Waals surface area contributed by atoms with E-state index in [0.29, 0.717) is 29.6 Å². The number of hydrogen-bond acceptors (Lipinski definition) is 7. The van der Waals surface area contributed by atoms with Crippen LogP contribution in [0.2, 0.25) is 0 Å². The lowest BCUT2D eigenvalue weighted by Gasteiger charge is -2.15. The number of carbonyl (C=O) groups is 2. The van der Waals surface area contributed by atoms with Gasteiger partial charge in [0, 0.05) is 12.2 Å². The Kier molecular flexibility index (Phi) is 7.88. The van der Waals surface area contributed by atoms with Crippen molar-refractivity contribution in [2.24, 2.45) is 0 Å². The molecule has 2 aromatic carbocycles. The number of aromatic carboxylic acids is 1. The highest BCUT2D eigenvalue weighted by atomic mass is 32.2. The van der Waals surface area contributed by atoms with Crippen LogP contribution in [0.1, 0.15) is 36.5 Å². The summed E-state index contributed by atoms with van der Waals surface area (Å²) < 4.78 is 27.2. The second-order valence-electron chi connectivity index (χ2n) is 7.11. The first-order valence-electron chi connectivity index (χ1n) is 10.3. The van der Waals surface area contributed by atoms with Gasteiger partial charge < -0.3 is 15.0 Å². The second-order valence-corrected chi connectivity index (χ2v) is 10.3. The van der Waals surface area contributed by atoms with E-state index in [2.05, 4.69) is 15.5 Å². The highest BCUT2D eigenvalue weighted by Crippen LogP contribution is 2.27. The van der Waals surface area contributed by atoms with E-state index in [1.165, 1.54) is 36.0 Å². The van der Waals surface area contributed by atoms with Gasteiger partial charge >= 0.3 is 5.97 Å². The number of amides is 1. The number of carboxylic acid groups (broad SMARTS) is 1. The minimum Gasteiger partial charge on any atom is -0.478 e. The Bertz CT molecular complexity index is 1240. The molecule has 1 atom stereocenters. The first kappa shape index (κ1) is 24.5. The van der Waals surface area contributed by atoms with Crippen LogP contribution in [0, 0.1) is 0 Å². The predicted molar refractivity (Wildman–Crippen MR) is 125 cm³/mol. The average Bonchev–Trinajstić information content (AvgIpc) is 3.18. The van der Waals surface area contributed by atoms with Crippen molar-refractivity contribution in [3.05, 3.63) is 66.0 Å². The van der Waals surface area contributed by atoms with E-state index in [4.69, 9.17) is 5.11 Å². The summed E-state index contributed by atoms with van der Waals surface area (Å²) in [7, 11) is -3.59. The molecule has 0 saturated carbocycles. The number of nitrogens with zero attached hydrogens (tertiary/aromatic N) is 3. The number of nitrogens with one attached hydrogen (secondary N) is 1. The molecule has 1 amide bonds. The Labute approximate surface area is 196 Å². The average molecular weight is 489 g/mol. The molecule has 174 valence electrons. The van der Waals surface area contributed by atoms with Crippen molar-refractivity contribution in [2.45, 2.75) is 47.9 Å². The zero-order valence-corrected chi connectivity index (χ0v) is 19.8. The molecule has 3 aromatic rings. The van der Waals surface area contributed by atoms with Gasteiger partial charge in [-0.1, -0.05) is 43.0 Å². The molecule has 0 bridgehead atoms. The summed E-state index contributed by atoms with van der Waals surface area (Å²) in [5.41, 5.74) is 0.453. The van der Waals surface area contributed by atoms with E-state index < -0.39 is 21.1 Å². The SMILES string of the molecule is CCC(Sc1nnc(CS(=O)(=O)c2ccccc2)n1CC)C(=O)Nc1cccc(C(=O)O)c1. The molecular formula is C22H24N4O5S2. The molecule has 2 N–H and O–H groups in total. The Morgan fingerprint density at radius 2 is 1.82 bits per heavy atom. The monoisotopic (exact) mass is 488 g/mol. The third-order valence-corrected chi connectivity index (χ3v) is 7.79. The fraction of sp³-hybridized carbons (Fsp3) is 0.273. The Hall–Kier alpha value is -3.18. The largest absolute Gasteiger partial charge is 0.478 e. The zero-order chi connectivity index (χ0) is 24.0. The minimum atomic E-state index is -3.59. The highest BCUT2D eigenvalue weighted by Gasteiger charge is 2.25. The summed E-state index contributed by atoms with van der Waals surface area (Å²) in [6, 6.07) is 14.1. The van der Waals surface area contributed by atoms with Crippen LogP contribution < -0.4 is 5.32 Å². The Morgan fingerprint density at radius 3 is 2.45 bits per heavy atom. The lowest BCUT2D eigenvalue weighted by atomic mass is 10.2. The fourth-order valence-corrected chi connectivity index (χ4v) is 5.44. The van der Waals surface area contributed by atoms with Crippen LogP contribution in [-0.2, 0) is 26.9 Å². The van der Waals surface area contributed by atoms with Gasteiger partial charge in [-0.25, -0.2) is 13.2 Å². The van der Waals surface area contributed by atoms with E-state index >= 15 is 0 Å². The lowest BCUT2D eigenvalue weighted by Crippen LogP contribution is -2.25. The molecule has 1 aromatic heterocycles. The first-order chi connectivity index (χ1) is 15.7. The van der Waals surface area contributed by atoms with Gasteiger partial charge in [-0.15, -0.1) is 10.2 Å². The maximum atomic E-state index is 12.8. The number of aromatic nitrogens is 3. The maximum Gasteiger partial charge on any atom is 0.335 e. The summed E-state index contributed by atoms with van der Waals surface area (Å²) in [6.07, 6.45) is 0.476. The van der Waals surface area contributed by atoms with E-state index in [1.807, 2.05) is 13.8 Å². The van der Waals surface area contributed by atoms with Crippen molar-refractivity contribution in [1.29, 1.82) is 0 Å². The number of rotatable bonds is 10. The maximum absolute atomic E-state index is 12.8. The summed E-state index contributed by atoms with van der Waals surface area (Å²) >= 11 is 1.19. The Balaban J connectivity index is 1.76. The van der Waals surface area contributed by atoms with E-state index in [1.54, 1.807) is 34.9 Å². The van der Waals surface area contributed by atoms with E-state index in [0.717, 1.165) is 0 Å². The van der Waals surface area contributed by atoms with E-state index in [-0.39, 0.29) is 22.1 Å². The molecule has 9 nitrogen and oxygen atoms in total. The van der Waals surface area contributed by atoms with Crippen molar-refractivity contribution >= 4 is 39.2 Å².